The summed E-state index contributed by atoms with van der Waals surface area (Å²) in [6.07, 6.45) is 4.27. The van der Waals surface area contributed by atoms with Crippen LogP contribution in [0.15, 0.2) is 22.8 Å². The first-order valence-electron chi connectivity index (χ1n) is 7.03. The van der Waals surface area contributed by atoms with Crippen LogP contribution in [0.4, 0.5) is 0 Å². The fourth-order valence-corrected chi connectivity index (χ4v) is 3.05. The van der Waals surface area contributed by atoms with E-state index >= 15 is 0 Å². The smallest absolute Gasteiger partial charge is 0.150 e. The van der Waals surface area contributed by atoms with Crippen LogP contribution < -0.4 is 5.32 Å². The van der Waals surface area contributed by atoms with Gasteiger partial charge in [0.1, 0.15) is 9.84 Å². The number of aromatic nitrogens is 1. The molecule has 114 valence electrons. The van der Waals surface area contributed by atoms with Gasteiger partial charge in [-0.1, -0.05) is 13.8 Å². The lowest BCUT2D eigenvalue weighted by Crippen LogP contribution is -2.24. The van der Waals surface area contributed by atoms with Crippen LogP contribution >= 0.6 is 15.9 Å². The van der Waals surface area contributed by atoms with Gasteiger partial charge in [-0.05, 0) is 53.9 Å². The van der Waals surface area contributed by atoms with Crippen LogP contribution in [0.25, 0.3) is 0 Å². The van der Waals surface area contributed by atoms with E-state index in [0.29, 0.717) is 6.42 Å². The van der Waals surface area contributed by atoms with Gasteiger partial charge in [0.25, 0.3) is 0 Å². The van der Waals surface area contributed by atoms with E-state index in [1.807, 2.05) is 12.1 Å². The number of hydrogen-bond donors (Lipinski definition) is 1. The van der Waals surface area contributed by atoms with E-state index in [9.17, 15) is 8.42 Å². The van der Waals surface area contributed by atoms with Gasteiger partial charge in [0.2, 0.25) is 0 Å². The Morgan fingerprint density at radius 1 is 1.35 bits per heavy atom. The van der Waals surface area contributed by atoms with E-state index < -0.39 is 9.84 Å². The third-order valence-electron chi connectivity index (χ3n) is 3.14. The molecule has 0 spiro atoms. The van der Waals surface area contributed by atoms with Crippen LogP contribution in [0.1, 0.15) is 44.8 Å². The lowest BCUT2D eigenvalue weighted by atomic mass is 10.1. The van der Waals surface area contributed by atoms with Gasteiger partial charge in [-0.2, -0.15) is 0 Å². The van der Waals surface area contributed by atoms with Crippen molar-refractivity contribution in [1.29, 1.82) is 0 Å². The Balaban J connectivity index is 2.62. The fourth-order valence-electron chi connectivity index (χ4n) is 1.92. The molecule has 1 rings (SSSR count). The second kappa shape index (κ2) is 8.74. The van der Waals surface area contributed by atoms with Gasteiger partial charge in [0.15, 0.2) is 0 Å². The summed E-state index contributed by atoms with van der Waals surface area (Å²) < 4.78 is 24.0. The predicted octanol–water partition coefficient (Wildman–Crippen LogP) is 3.10. The molecule has 6 heteroatoms. The first kappa shape index (κ1) is 17.6. The average molecular weight is 363 g/mol. The maximum atomic E-state index is 11.5. The van der Waals surface area contributed by atoms with Crippen molar-refractivity contribution in [3.05, 3.63) is 28.5 Å². The number of sulfone groups is 1. The minimum Gasteiger partial charge on any atom is -0.309 e. The summed E-state index contributed by atoms with van der Waals surface area (Å²) in [7, 11) is -2.88. The number of halogens is 1. The molecule has 0 fully saturated rings. The highest BCUT2D eigenvalue weighted by atomic mass is 79.9. The molecule has 0 aliphatic rings. The number of nitrogens with zero attached hydrogens (tertiary/aromatic N) is 1. The van der Waals surface area contributed by atoms with Gasteiger partial charge in [-0.15, -0.1) is 0 Å². The number of rotatable bonds is 9. The minimum absolute atomic E-state index is 0.120. The largest absolute Gasteiger partial charge is 0.309 e. The van der Waals surface area contributed by atoms with Crippen LogP contribution in [-0.2, 0) is 9.84 Å². The molecule has 0 aliphatic heterocycles. The minimum atomic E-state index is -2.88. The molecular weight excluding hydrogens is 340 g/mol. The van der Waals surface area contributed by atoms with Crippen molar-refractivity contribution in [2.75, 3.05) is 18.1 Å². The van der Waals surface area contributed by atoms with Gasteiger partial charge in [0, 0.05) is 22.5 Å². The molecule has 1 atom stereocenters. The average Bonchev–Trinajstić information content (AvgIpc) is 2.43. The van der Waals surface area contributed by atoms with Gasteiger partial charge in [-0.3, -0.25) is 4.98 Å². The Morgan fingerprint density at radius 2 is 2.10 bits per heavy atom. The van der Waals surface area contributed by atoms with Crippen molar-refractivity contribution < 1.29 is 8.42 Å². The van der Waals surface area contributed by atoms with Crippen molar-refractivity contribution in [2.24, 2.45) is 0 Å². The molecule has 0 saturated carbocycles. The van der Waals surface area contributed by atoms with Crippen molar-refractivity contribution in [1.82, 2.24) is 10.3 Å². The third kappa shape index (κ3) is 6.33. The van der Waals surface area contributed by atoms with Gasteiger partial charge in [0.05, 0.1) is 11.4 Å². The molecule has 0 aliphatic carbocycles. The highest BCUT2D eigenvalue weighted by Crippen LogP contribution is 2.19. The summed E-state index contributed by atoms with van der Waals surface area (Å²) in [4.78, 5) is 4.41. The summed E-state index contributed by atoms with van der Waals surface area (Å²) in [5, 5.41) is 3.44. The van der Waals surface area contributed by atoms with E-state index in [1.165, 1.54) is 0 Å². The summed E-state index contributed by atoms with van der Waals surface area (Å²) in [6.45, 7) is 4.71. The summed E-state index contributed by atoms with van der Waals surface area (Å²) in [6, 6.07) is 4.06. The van der Waals surface area contributed by atoms with Crippen LogP contribution in [-0.4, -0.2) is 31.5 Å². The molecule has 0 amide bonds. The zero-order chi connectivity index (χ0) is 15.0. The molecule has 1 aromatic rings. The molecule has 1 N–H and O–H groups in total. The van der Waals surface area contributed by atoms with E-state index in [1.54, 1.807) is 13.1 Å². The first-order valence-corrected chi connectivity index (χ1v) is 9.65. The topological polar surface area (TPSA) is 59.1 Å². The molecule has 0 radical (unpaired) electrons. The van der Waals surface area contributed by atoms with Gasteiger partial charge < -0.3 is 5.32 Å². The summed E-state index contributed by atoms with van der Waals surface area (Å²) in [5.74, 6) is 0.473. The molecule has 0 aromatic carbocycles. The van der Waals surface area contributed by atoms with E-state index in [4.69, 9.17) is 0 Å². The Bertz CT molecular complexity index is 488. The second-order valence-corrected chi connectivity index (χ2v) is 8.18. The lowest BCUT2D eigenvalue weighted by Gasteiger charge is -2.18. The monoisotopic (exact) mass is 362 g/mol. The first-order chi connectivity index (χ1) is 9.48. The van der Waals surface area contributed by atoms with Crippen molar-refractivity contribution in [3.8, 4) is 0 Å². The summed E-state index contributed by atoms with van der Waals surface area (Å²) >= 11 is 3.37. The van der Waals surface area contributed by atoms with Crippen LogP contribution in [0.3, 0.4) is 0 Å². The Morgan fingerprint density at radius 3 is 2.65 bits per heavy atom. The van der Waals surface area contributed by atoms with Crippen molar-refractivity contribution in [2.45, 2.75) is 39.2 Å². The van der Waals surface area contributed by atoms with E-state index in [0.717, 1.165) is 29.6 Å². The second-order valence-electron chi connectivity index (χ2n) is 4.79. The van der Waals surface area contributed by atoms with Crippen LogP contribution in [0, 0.1) is 0 Å². The Hall–Kier alpha value is -0.460. The lowest BCUT2D eigenvalue weighted by molar-refractivity contribution is 0.482. The van der Waals surface area contributed by atoms with E-state index in [-0.39, 0.29) is 17.5 Å². The van der Waals surface area contributed by atoms with E-state index in [2.05, 4.69) is 33.2 Å². The maximum Gasteiger partial charge on any atom is 0.150 e. The van der Waals surface area contributed by atoms with Crippen LogP contribution in [0.5, 0.6) is 0 Å². The van der Waals surface area contributed by atoms with Crippen molar-refractivity contribution >= 4 is 25.8 Å². The number of hydrogen-bond acceptors (Lipinski definition) is 4. The normalized spacial score (nSPS) is 13.3. The van der Waals surface area contributed by atoms with Gasteiger partial charge >= 0.3 is 0 Å². The quantitative estimate of drug-likeness (QED) is 0.733. The molecule has 1 aromatic heterocycles. The highest BCUT2D eigenvalue weighted by molar-refractivity contribution is 9.10. The zero-order valence-corrected chi connectivity index (χ0v) is 14.5. The Labute approximate surface area is 130 Å². The molecular formula is C14H23BrN2O2S. The third-order valence-corrected chi connectivity index (χ3v) is 5.40. The molecule has 1 unspecified atom stereocenters. The van der Waals surface area contributed by atoms with Crippen molar-refractivity contribution in [3.63, 3.8) is 0 Å². The maximum absolute atomic E-state index is 11.5. The highest BCUT2D eigenvalue weighted by Gasteiger charge is 2.14. The standard InChI is InChI=1S/C14H23BrN2O2S/c1-3-9-16-13(6-5-10-20(18,19)4-2)14-8-7-12(15)11-17-14/h7-8,11,13,16H,3-6,9-10H2,1-2H3. The predicted molar refractivity (Wildman–Crippen MR) is 86.5 cm³/mol. The Kier molecular flexibility index (Phi) is 7.69. The number of pyridine rings is 1. The number of nitrogens with one attached hydrogen (secondary N) is 1. The summed E-state index contributed by atoms with van der Waals surface area (Å²) in [5.41, 5.74) is 0.968. The fraction of sp³-hybridized carbons (Fsp3) is 0.643. The zero-order valence-electron chi connectivity index (χ0n) is 12.1. The molecule has 4 nitrogen and oxygen atoms in total. The van der Waals surface area contributed by atoms with Gasteiger partial charge in [-0.25, -0.2) is 8.42 Å². The molecule has 0 saturated heterocycles. The molecule has 0 bridgehead atoms. The van der Waals surface area contributed by atoms with Crippen LogP contribution in [0.2, 0.25) is 0 Å². The molecule has 1 heterocycles. The molecule has 20 heavy (non-hydrogen) atoms. The SMILES string of the molecule is CCCNC(CCCS(=O)(=O)CC)c1ccc(Br)cn1.